The zero-order valence-corrected chi connectivity index (χ0v) is 15.6. The van der Waals surface area contributed by atoms with E-state index in [1.54, 1.807) is 7.05 Å². The molecule has 6 heteroatoms. The molecule has 1 saturated heterocycles. The van der Waals surface area contributed by atoms with Crippen LogP contribution in [-0.2, 0) is 6.54 Å². The number of hydrogen-bond acceptors (Lipinski definition) is 4. The summed E-state index contributed by atoms with van der Waals surface area (Å²) in [7, 11) is 4.00. The highest BCUT2D eigenvalue weighted by Gasteiger charge is 2.17. The zero-order valence-electron chi connectivity index (χ0n) is 15.6. The summed E-state index contributed by atoms with van der Waals surface area (Å²) in [6.07, 6.45) is 4.69. The Balaban J connectivity index is 1.75. The molecule has 0 amide bonds. The molecule has 1 aromatic rings. The second-order valence-electron chi connectivity index (χ2n) is 6.78. The van der Waals surface area contributed by atoms with Crippen molar-refractivity contribution in [3.05, 3.63) is 17.5 Å². The number of piperidine rings is 1. The van der Waals surface area contributed by atoms with Gasteiger partial charge in [0.15, 0.2) is 11.7 Å². The van der Waals surface area contributed by atoms with E-state index in [1.165, 1.54) is 25.9 Å². The van der Waals surface area contributed by atoms with Crippen LogP contribution in [0, 0.1) is 5.92 Å². The van der Waals surface area contributed by atoms with E-state index in [9.17, 15) is 0 Å². The fourth-order valence-electron chi connectivity index (χ4n) is 3.21. The standard InChI is InChI=1S/C18H33N5O/c1-5-15(6-2)17-11-16(24-22-17)13-21-18(19-3)20-12-14-7-9-23(4)10-8-14/h11,14-15H,5-10,12-13H2,1-4H3,(H2,19,20,21). The minimum Gasteiger partial charge on any atom is -0.359 e. The van der Waals surface area contributed by atoms with Crippen molar-refractivity contribution in [3.8, 4) is 0 Å². The lowest BCUT2D eigenvalue weighted by Crippen LogP contribution is -2.41. The summed E-state index contributed by atoms with van der Waals surface area (Å²) in [5, 5.41) is 11.0. The third kappa shape index (κ3) is 5.51. The molecule has 2 rings (SSSR count). The van der Waals surface area contributed by atoms with Gasteiger partial charge in [0.2, 0.25) is 0 Å². The predicted octanol–water partition coefficient (Wildman–Crippen LogP) is 2.58. The second-order valence-corrected chi connectivity index (χ2v) is 6.78. The Hall–Kier alpha value is -1.56. The Morgan fingerprint density at radius 1 is 1.33 bits per heavy atom. The van der Waals surface area contributed by atoms with Gasteiger partial charge in [0.05, 0.1) is 12.2 Å². The molecule has 0 saturated carbocycles. The normalized spacial score (nSPS) is 17.5. The van der Waals surface area contributed by atoms with Crippen LogP contribution < -0.4 is 10.6 Å². The fourth-order valence-corrected chi connectivity index (χ4v) is 3.21. The van der Waals surface area contributed by atoms with Crippen molar-refractivity contribution in [3.63, 3.8) is 0 Å². The first-order valence-corrected chi connectivity index (χ1v) is 9.24. The van der Waals surface area contributed by atoms with Crippen LogP contribution in [0.15, 0.2) is 15.6 Å². The van der Waals surface area contributed by atoms with E-state index in [0.717, 1.165) is 42.7 Å². The van der Waals surface area contributed by atoms with Gasteiger partial charge in [-0.2, -0.15) is 0 Å². The van der Waals surface area contributed by atoms with Crippen LogP contribution in [0.25, 0.3) is 0 Å². The van der Waals surface area contributed by atoms with Gasteiger partial charge < -0.3 is 20.1 Å². The molecule has 1 fully saturated rings. The highest BCUT2D eigenvalue weighted by atomic mass is 16.5. The van der Waals surface area contributed by atoms with E-state index in [0.29, 0.717) is 12.5 Å². The van der Waals surface area contributed by atoms with Gasteiger partial charge in [-0.3, -0.25) is 4.99 Å². The zero-order chi connectivity index (χ0) is 17.4. The summed E-state index contributed by atoms with van der Waals surface area (Å²) in [6.45, 7) is 8.35. The summed E-state index contributed by atoms with van der Waals surface area (Å²) in [6, 6.07) is 2.06. The van der Waals surface area contributed by atoms with Gasteiger partial charge in [-0.05, 0) is 51.7 Å². The lowest BCUT2D eigenvalue weighted by Gasteiger charge is -2.29. The fraction of sp³-hybridized carbons (Fsp3) is 0.778. The van der Waals surface area contributed by atoms with Gasteiger partial charge in [0, 0.05) is 25.6 Å². The van der Waals surface area contributed by atoms with Crippen molar-refractivity contribution in [1.29, 1.82) is 0 Å². The lowest BCUT2D eigenvalue weighted by atomic mass is 9.97. The van der Waals surface area contributed by atoms with Gasteiger partial charge in [-0.15, -0.1) is 0 Å². The number of guanidine groups is 1. The van der Waals surface area contributed by atoms with Crippen LogP contribution in [0.3, 0.4) is 0 Å². The van der Waals surface area contributed by atoms with Crippen molar-refractivity contribution in [2.45, 2.75) is 52.0 Å². The molecule has 0 unspecified atom stereocenters. The molecule has 0 bridgehead atoms. The summed E-state index contributed by atoms with van der Waals surface area (Å²) in [5.74, 6) is 2.91. The molecular formula is C18H33N5O. The Morgan fingerprint density at radius 3 is 2.67 bits per heavy atom. The summed E-state index contributed by atoms with van der Waals surface area (Å²) >= 11 is 0. The molecule has 0 spiro atoms. The number of rotatable bonds is 7. The minimum absolute atomic E-state index is 0.490. The molecule has 0 aliphatic carbocycles. The predicted molar refractivity (Wildman–Crippen MR) is 98.2 cm³/mol. The topological polar surface area (TPSA) is 65.7 Å². The summed E-state index contributed by atoms with van der Waals surface area (Å²) < 4.78 is 5.45. The first-order chi connectivity index (χ1) is 11.7. The molecule has 0 aromatic carbocycles. The van der Waals surface area contributed by atoms with E-state index < -0.39 is 0 Å². The number of aromatic nitrogens is 1. The first kappa shape index (κ1) is 18.8. The first-order valence-electron chi connectivity index (χ1n) is 9.24. The van der Waals surface area contributed by atoms with Gasteiger partial charge in [0.25, 0.3) is 0 Å². The van der Waals surface area contributed by atoms with Gasteiger partial charge >= 0.3 is 0 Å². The average Bonchev–Trinajstić information content (AvgIpc) is 3.06. The highest BCUT2D eigenvalue weighted by molar-refractivity contribution is 5.79. The number of nitrogens with one attached hydrogen (secondary N) is 2. The third-order valence-corrected chi connectivity index (χ3v) is 5.03. The van der Waals surface area contributed by atoms with Crippen molar-refractivity contribution in [2.24, 2.45) is 10.9 Å². The quantitative estimate of drug-likeness (QED) is 0.592. The molecule has 136 valence electrons. The largest absolute Gasteiger partial charge is 0.359 e. The van der Waals surface area contributed by atoms with E-state index in [1.807, 2.05) is 0 Å². The minimum atomic E-state index is 0.490. The second kappa shape index (κ2) is 9.67. The Labute approximate surface area is 146 Å². The molecule has 1 aromatic heterocycles. The average molecular weight is 335 g/mol. The maximum atomic E-state index is 5.45. The molecule has 1 aliphatic rings. The smallest absolute Gasteiger partial charge is 0.191 e. The number of likely N-dealkylation sites (tertiary alicyclic amines) is 1. The van der Waals surface area contributed by atoms with Crippen molar-refractivity contribution in [1.82, 2.24) is 20.7 Å². The van der Waals surface area contributed by atoms with Crippen LogP contribution in [0.2, 0.25) is 0 Å². The van der Waals surface area contributed by atoms with Crippen molar-refractivity contribution >= 4 is 5.96 Å². The van der Waals surface area contributed by atoms with Gasteiger partial charge in [0.1, 0.15) is 0 Å². The van der Waals surface area contributed by atoms with Gasteiger partial charge in [-0.25, -0.2) is 0 Å². The Kier molecular flexibility index (Phi) is 7.56. The SMILES string of the molecule is CCC(CC)c1cc(CNC(=NC)NCC2CCN(C)CC2)on1. The molecule has 2 heterocycles. The van der Waals surface area contributed by atoms with E-state index >= 15 is 0 Å². The molecule has 0 atom stereocenters. The van der Waals surface area contributed by atoms with Crippen LogP contribution in [0.1, 0.15) is 56.9 Å². The molecule has 6 nitrogen and oxygen atoms in total. The molecular weight excluding hydrogens is 302 g/mol. The van der Waals surface area contributed by atoms with Crippen LogP contribution in [0.5, 0.6) is 0 Å². The lowest BCUT2D eigenvalue weighted by molar-refractivity contribution is 0.220. The number of nitrogens with zero attached hydrogens (tertiary/aromatic N) is 3. The molecule has 24 heavy (non-hydrogen) atoms. The Bertz CT molecular complexity index is 501. The molecule has 0 radical (unpaired) electrons. The highest BCUT2D eigenvalue weighted by Crippen LogP contribution is 2.22. The van der Waals surface area contributed by atoms with Crippen molar-refractivity contribution in [2.75, 3.05) is 33.7 Å². The van der Waals surface area contributed by atoms with Gasteiger partial charge in [-0.1, -0.05) is 19.0 Å². The van der Waals surface area contributed by atoms with Crippen molar-refractivity contribution < 1.29 is 4.52 Å². The summed E-state index contributed by atoms with van der Waals surface area (Å²) in [5.41, 5.74) is 1.06. The maximum Gasteiger partial charge on any atom is 0.191 e. The van der Waals surface area contributed by atoms with Crippen LogP contribution in [0.4, 0.5) is 0 Å². The third-order valence-electron chi connectivity index (χ3n) is 5.03. The Morgan fingerprint density at radius 2 is 2.04 bits per heavy atom. The molecule has 1 aliphatic heterocycles. The van der Waals surface area contributed by atoms with E-state index in [-0.39, 0.29) is 0 Å². The van der Waals surface area contributed by atoms with Crippen LogP contribution >= 0.6 is 0 Å². The summed E-state index contributed by atoms with van der Waals surface area (Å²) in [4.78, 5) is 6.69. The van der Waals surface area contributed by atoms with E-state index in [2.05, 4.69) is 52.6 Å². The van der Waals surface area contributed by atoms with Crippen LogP contribution in [-0.4, -0.2) is 49.7 Å². The van der Waals surface area contributed by atoms with E-state index in [4.69, 9.17) is 4.52 Å². The monoisotopic (exact) mass is 335 g/mol. The molecule has 2 N–H and O–H groups in total. The number of aliphatic imine (C=N–C) groups is 1. The number of hydrogen-bond donors (Lipinski definition) is 2. The maximum absolute atomic E-state index is 5.45.